The Kier molecular flexibility index (Phi) is 15.1. The molecule has 24 aromatic rings. The van der Waals surface area contributed by atoms with Gasteiger partial charge in [-0.25, -0.2) is 0 Å². The molecule has 6 aromatic heterocycles. The molecule has 0 bridgehead atoms. The molecular formula is C108H68N4OS. The summed E-state index contributed by atoms with van der Waals surface area (Å²) in [5.74, 6) is 0. The van der Waals surface area contributed by atoms with Crippen LogP contribution in [0.25, 0.3) is 219 Å². The standard InChI is InChI=1S/C54H34N2O.C54H34N2S/c2*1-3-15-40(16-4-1)55-49-23-9-7-19-43(49)47-32-37(26-29-50(47)55)35-13-11-14-36(31-35)38-27-30-51-48(33-38)44-28-25-39(34-52(44)56(51)41-17-5-2-6-18-41)42-21-12-22-46-45-20-8-10-24-53(45)57-54(42)46/h2*1-34H. The number of furan rings is 1. The van der Waals surface area contributed by atoms with E-state index < -0.39 is 0 Å². The minimum absolute atomic E-state index is 0.909. The third kappa shape index (κ3) is 10.6. The van der Waals surface area contributed by atoms with Gasteiger partial charge in [-0.1, -0.05) is 267 Å². The third-order valence-electron chi connectivity index (χ3n) is 23.4. The lowest BCUT2D eigenvalue weighted by atomic mass is 9.96. The van der Waals surface area contributed by atoms with Crippen molar-refractivity contribution < 1.29 is 4.42 Å². The molecule has 18 aromatic carbocycles. The predicted molar refractivity (Wildman–Crippen MR) is 483 cm³/mol. The van der Waals surface area contributed by atoms with E-state index in [9.17, 15) is 0 Å². The molecule has 5 nitrogen and oxygen atoms in total. The van der Waals surface area contributed by atoms with E-state index in [1.54, 1.807) is 0 Å². The monoisotopic (exact) mass is 1470 g/mol. The molecule has 0 saturated heterocycles. The van der Waals surface area contributed by atoms with Gasteiger partial charge in [-0.2, -0.15) is 0 Å². The highest BCUT2D eigenvalue weighted by Gasteiger charge is 2.22. The summed E-state index contributed by atoms with van der Waals surface area (Å²) in [6.45, 7) is 0. The van der Waals surface area contributed by atoms with Crippen LogP contribution in [0.5, 0.6) is 0 Å². The van der Waals surface area contributed by atoms with Crippen LogP contribution in [0.3, 0.4) is 0 Å². The average molecular weight is 1470 g/mol. The second-order valence-corrected chi connectivity index (χ2v) is 30.9. The molecule has 6 heterocycles. The quantitative estimate of drug-likeness (QED) is 0.134. The molecule has 24 rings (SSSR count). The van der Waals surface area contributed by atoms with Crippen LogP contribution in [-0.4, -0.2) is 18.3 Å². The van der Waals surface area contributed by atoms with Gasteiger partial charge in [0.15, 0.2) is 0 Å². The molecular weight excluding hydrogens is 1400 g/mol. The van der Waals surface area contributed by atoms with Crippen LogP contribution < -0.4 is 0 Å². The van der Waals surface area contributed by atoms with Gasteiger partial charge in [-0.05, 0) is 207 Å². The number of rotatable bonds is 10. The van der Waals surface area contributed by atoms with E-state index in [1.807, 2.05) is 23.5 Å². The van der Waals surface area contributed by atoms with Crippen molar-refractivity contribution in [2.75, 3.05) is 0 Å². The zero-order valence-corrected chi connectivity index (χ0v) is 62.7. The van der Waals surface area contributed by atoms with Crippen LogP contribution in [0.15, 0.2) is 417 Å². The van der Waals surface area contributed by atoms with Crippen molar-refractivity contribution >= 4 is 141 Å². The number of para-hydroxylation sites is 8. The normalized spacial score (nSPS) is 11.9. The number of nitrogens with zero attached hydrogens (tertiary/aromatic N) is 4. The second kappa shape index (κ2) is 26.5. The van der Waals surface area contributed by atoms with Crippen molar-refractivity contribution in [1.29, 1.82) is 0 Å². The minimum Gasteiger partial charge on any atom is -0.455 e. The topological polar surface area (TPSA) is 32.9 Å². The predicted octanol–water partition coefficient (Wildman–Crippen LogP) is 30.0. The molecule has 0 atom stereocenters. The number of benzene rings is 18. The van der Waals surface area contributed by atoms with Gasteiger partial charge in [0.25, 0.3) is 0 Å². The molecule has 0 radical (unpaired) electrons. The minimum atomic E-state index is 0.909. The first kappa shape index (κ1) is 65.1. The molecule has 0 fully saturated rings. The summed E-state index contributed by atoms with van der Waals surface area (Å²) in [4.78, 5) is 0. The summed E-state index contributed by atoms with van der Waals surface area (Å²) in [5.41, 5.74) is 30.4. The van der Waals surface area contributed by atoms with Crippen LogP contribution in [0.1, 0.15) is 0 Å². The van der Waals surface area contributed by atoms with Gasteiger partial charge in [-0.15, -0.1) is 11.3 Å². The molecule has 114 heavy (non-hydrogen) atoms. The van der Waals surface area contributed by atoms with Crippen LogP contribution in [0.2, 0.25) is 0 Å². The Labute approximate surface area is 660 Å². The maximum atomic E-state index is 6.48. The molecule has 0 unspecified atom stereocenters. The Morgan fingerprint density at radius 2 is 0.491 bits per heavy atom. The van der Waals surface area contributed by atoms with Crippen LogP contribution in [0, 0.1) is 0 Å². The lowest BCUT2D eigenvalue weighted by Crippen LogP contribution is -1.93. The fourth-order valence-corrected chi connectivity index (χ4v) is 19.4. The maximum Gasteiger partial charge on any atom is 0.143 e. The Morgan fingerprint density at radius 3 is 0.947 bits per heavy atom. The highest BCUT2D eigenvalue weighted by molar-refractivity contribution is 7.26. The lowest BCUT2D eigenvalue weighted by Gasteiger charge is -2.10. The Hall–Kier alpha value is -14.8. The van der Waals surface area contributed by atoms with Crippen molar-refractivity contribution in [1.82, 2.24) is 18.3 Å². The molecule has 0 aliphatic rings. The molecule has 0 spiro atoms. The van der Waals surface area contributed by atoms with E-state index in [-0.39, 0.29) is 0 Å². The molecule has 532 valence electrons. The largest absolute Gasteiger partial charge is 0.455 e. The van der Waals surface area contributed by atoms with Crippen molar-refractivity contribution in [3.8, 4) is 89.5 Å². The number of fused-ring (bicyclic) bond motifs is 18. The van der Waals surface area contributed by atoms with Crippen molar-refractivity contribution in [2.45, 2.75) is 0 Å². The van der Waals surface area contributed by atoms with E-state index in [0.29, 0.717) is 0 Å². The smallest absolute Gasteiger partial charge is 0.143 e. The Balaban J connectivity index is 0.000000135. The van der Waals surface area contributed by atoms with Crippen LogP contribution >= 0.6 is 11.3 Å². The van der Waals surface area contributed by atoms with E-state index in [0.717, 1.165) is 50.0 Å². The summed E-state index contributed by atoms with van der Waals surface area (Å²) >= 11 is 1.89. The zero-order valence-electron chi connectivity index (χ0n) is 61.9. The second-order valence-electron chi connectivity index (χ2n) is 29.8. The molecule has 0 saturated carbocycles. The van der Waals surface area contributed by atoms with Crippen molar-refractivity contribution in [3.63, 3.8) is 0 Å². The first-order chi connectivity index (χ1) is 56.5. The van der Waals surface area contributed by atoms with Gasteiger partial charge in [0, 0.05) is 102 Å². The molecule has 0 amide bonds. The van der Waals surface area contributed by atoms with Gasteiger partial charge in [-0.3, -0.25) is 0 Å². The van der Waals surface area contributed by atoms with Crippen LogP contribution in [-0.2, 0) is 0 Å². The molecule has 0 aliphatic carbocycles. The number of hydrogen-bond acceptors (Lipinski definition) is 2. The number of thiophene rings is 1. The summed E-state index contributed by atoms with van der Waals surface area (Å²) < 4.78 is 18.7. The first-order valence-electron chi connectivity index (χ1n) is 39.0. The molecule has 0 N–H and O–H groups in total. The van der Waals surface area contributed by atoms with Crippen LogP contribution in [0.4, 0.5) is 0 Å². The third-order valence-corrected chi connectivity index (χ3v) is 24.6. The van der Waals surface area contributed by atoms with Gasteiger partial charge in [0.2, 0.25) is 0 Å². The van der Waals surface area contributed by atoms with Gasteiger partial charge in [0.1, 0.15) is 11.2 Å². The fraction of sp³-hybridized carbons (Fsp3) is 0. The highest BCUT2D eigenvalue weighted by atomic mass is 32.1. The van der Waals surface area contributed by atoms with Gasteiger partial charge < -0.3 is 22.7 Å². The molecule has 0 aliphatic heterocycles. The van der Waals surface area contributed by atoms with E-state index >= 15 is 0 Å². The number of hydrogen-bond donors (Lipinski definition) is 0. The number of aromatic nitrogens is 4. The van der Waals surface area contributed by atoms with Gasteiger partial charge in [0.05, 0.1) is 44.1 Å². The Morgan fingerprint density at radius 1 is 0.175 bits per heavy atom. The fourth-order valence-electron chi connectivity index (χ4n) is 18.2. The average Bonchev–Trinajstić information content (AvgIpc) is 1.60. The summed E-state index contributed by atoms with van der Waals surface area (Å²) in [7, 11) is 0. The first-order valence-corrected chi connectivity index (χ1v) is 39.8. The summed E-state index contributed by atoms with van der Waals surface area (Å²) in [6, 6.07) is 150. The lowest BCUT2D eigenvalue weighted by molar-refractivity contribution is 0.670. The van der Waals surface area contributed by atoms with E-state index in [2.05, 4.69) is 419 Å². The zero-order chi connectivity index (χ0) is 74.9. The summed E-state index contributed by atoms with van der Waals surface area (Å²) in [6.07, 6.45) is 0. The van der Waals surface area contributed by atoms with E-state index in [4.69, 9.17) is 4.42 Å². The van der Waals surface area contributed by atoms with Gasteiger partial charge >= 0.3 is 0 Å². The maximum absolute atomic E-state index is 6.48. The van der Waals surface area contributed by atoms with E-state index in [1.165, 1.54) is 169 Å². The van der Waals surface area contributed by atoms with Crippen molar-refractivity contribution in [3.05, 3.63) is 413 Å². The van der Waals surface area contributed by atoms with Crippen molar-refractivity contribution in [2.24, 2.45) is 0 Å². The Bertz CT molecular complexity index is 7500. The SMILES string of the molecule is c1ccc(-n2c3ccccc3c3cc(-c4cccc(-c5ccc6c(c5)c5ccc(-c7cccc8c7oc7ccccc78)cc5n6-c5ccccc5)c4)ccc32)cc1.c1ccc(-n2c3ccccc3c3cc(-c4cccc(-c5ccc6c(c5)c5ccc(-c7cccc8c7sc7ccccc78)cc5n6-c5ccccc5)c4)ccc32)cc1. The molecule has 6 heteroatoms. The highest BCUT2D eigenvalue weighted by Crippen LogP contribution is 2.46. The summed E-state index contributed by atoms with van der Waals surface area (Å²) in [5, 5.41) is 14.9.